The first-order valence-corrected chi connectivity index (χ1v) is 6.62. The SMILES string of the molecule is C=C(C)C(=O)OCC(O)CC(F)(F)C(F)(F)C(F)(C(C)(F)F)C(F)(F)F. The van der Waals surface area contributed by atoms with Gasteiger partial charge in [-0.3, -0.25) is 0 Å². The second-order valence-electron chi connectivity index (χ2n) is 5.56. The van der Waals surface area contributed by atoms with Crippen LogP contribution >= 0.6 is 0 Å². The van der Waals surface area contributed by atoms with Gasteiger partial charge in [0.15, 0.2) is 0 Å². The Morgan fingerprint density at radius 2 is 1.46 bits per heavy atom. The van der Waals surface area contributed by atoms with Crippen LogP contribution in [0.1, 0.15) is 20.3 Å². The van der Waals surface area contributed by atoms with E-state index in [0.717, 1.165) is 6.92 Å². The lowest BCUT2D eigenvalue weighted by Gasteiger charge is -2.41. The number of halogens is 10. The van der Waals surface area contributed by atoms with Gasteiger partial charge in [-0.1, -0.05) is 6.58 Å². The van der Waals surface area contributed by atoms with Gasteiger partial charge in [-0.15, -0.1) is 0 Å². The lowest BCUT2D eigenvalue weighted by molar-refractivity contribution is -0.401. The van der Waals surface area contributed by atoms with Crippen molar-refractivity contribution in [3.8, 4) is 0 Å². The second kappa shape index (κ2) is 7.24. The molecule has 1 N–H and O–H groups in total. The van der Waals surface area contributed by atoms with Crippen LogP contribution in [0.3, 0.4) is 0 Å². The molecule has 0 saturated heterocycles. The van der Waals surface area contributed by atoms with Gasteiger partial charge in [0.05, 0.1) is 6.10 Å². The Morgan fingerprint density at radius 3 is 1.77 bits per heavy atom. The van der Waals surface area contributed by atoms with Crippen LogP contribution in [-0.2, 0) is 9.53 Å². The number of carbonyl (C=O) groups excluding carboxylic acids is 1. The monoisotopic (exact) mass is 408 g/mol. The minimum absolute atomic E-state index is 0.292. The van der Waals surface area contributed by atoms with Crippen molar-refractivity contribution in [1.29, 1.82) is 0 Å². The average Bonchev–Trinajstić information content (AvgIpc) is 2.40. The lowest BCUT2D eigenvalue weighted by atomic mass is 9.84. The highest BCUT2D eigenvalue weighted by Gasteiger charge is 2.87. The molecule has 0 heterocycles. The molecule has 0 amide bonds. The summed E-state index contributed by atoms with van der Waals surface area (Å²) in [6.45, 7) is 1.80. The third kappa shape index (κ3) is 4.41. The van der Waals surface area contributed by atoms with Gasteiger partial charge in [0.25, 0.3) is 5.92 Å². The zero-order valence-corrected chi connectivity index (χ0v) is 13.2. The fraction of sp³-hybridized carbons (Fsp3) is 0.769. The van der Waals surface area contributed by atoms with Gasteiger partial charge < -0.3 is 9.84 Å². The summed E-state index contributed by atoms with van der Waals surface area (Å²) in [5.41, 5.74) is -7.22. The lowest BCUT2D eigenvalue weighted by Crippen LogP contribution is -2.70. The van der Waals surface area contributed by atoms with E-state index < -0.39 is 61.6 Å². The summed E-state index contributed by atoms with van der Waals surface area (Å²) >= 11 is 0. The highest BCUT2D eigenvalue weighted by molar-refractivity contribution is 5.86. The zero-order valence-electron chi connectivity index (χ0n) is 13.2. The van der Waals surface area contributed by atoms with E-state index in [1.54, 1.807) is 0 Å². The van der Waals surface area contributed by atoms with Crippen molar-refractivity contribution < 1.29 is 58.5 Å². The minimum Gasteiger partial charge on any atom is -0.460 e. The first-order valence-electron chi connectivity index (χ1n) is 6.62. The number of aliphatic hydroxyl groups excluding tert-OH is 1. The predicted octanol–water partition coefficient (Wildman–Crippen LogP) is 4.05. The van der Waals surface area contributed by atoms with Gasteiger partial charge in [0.2, 0.25) is 0 Å². The number of hydrogen-bond donors (Lipinski definition) is 1. The molecule has 154 valence electrons. The highest BCUT2D eigenvalue weighted by Crippen LogP contribution is 2.59. The Bertz CT molecular complexity index is 521. The van der Waals surface area contributed by atoms with E-state index in [4.69, 9.17) is 5.11 Å². The van der Waals surface area contributed by atoms with Gasteiger partial charge in [0.1, 0.15) is 6.61 Å². The van der Waals surface area contributed by atoms with Crippen LogP contribution < -0.4 is 0 Å². The Hall–Kier alpha value is -1.53. The molecule has 0 aromatic rings. The molecule has 0 bridgehead atoms. The van der Waals surface area contributed by atoms with Gasteiger partial charge in [0, 0.05) is 18.9 Å². The van der Waals surface area contributed by atoms with Crippen LogP contribution in [0.5, 0.6) is 0 Å². The third-order valence-corrected chi connectivity index (χ3v) is 3.13. The number of alkyl halides is 10. The molecule has 0 aliphatic carbocycles. The molecule has 0 fully saturated rings. The molecule has 0 rings (SSSR count). The molecule has 26 heavy (non-hydrogen) atoms. The molecule has 3 nitrogen and oxygen atoms in total. The minimum atomic E-state index is -7.07. The summed E-state index contributed by atoms with van der Waals surface area (Å²) in [6.07, 6.45) is -12.4. The summed E-state index contributed by atoms with van der Waals surface area (Å²) in [5.74, 6) is -20.2. The number of carbonyl (C=O) groups is 1. The fourth-order valence-electron chi connectivity index (χ4n) is 1.73. The summed E-state index contributed by atoms with van der Waals surface area (Å²) < 4.78 is 135. The number of rotatable bonds is 8. The summed E-state index contributed by atoms with van der Waals surface area (Å²) in [6, 6.07) is 0. The van der Waals surface area contributed by atoms with Gasteiger partial charge in [-0.2, -0.15) is 30.7 Å². The maximum atomic E-state index is 13.7. The summed E-state index contributed by atoms with van der Waals surface area (Å²) in [4.78, 5) is 11.0. The van der Waals surface area contributed by atoms with Crippen molar-refractivity contribution >= 4 is 5.97 Å². The van der Waals surface area contributed by atoms with Crippen molar-refractivity contribution in [2.24, 2.45) is 0 Å². The standard InChI is InChI=1S/C13H14F10O3/c1-6(2)8(25)26-5-7(24)4-10(16,17)12(19,20)11(18,9(3,14)15)13(21,22)23/h7,24H,1,4-5H2,2-3H3. The van der Waals surface area contributed by atoms with Gasteiger partial charge >= 0.3 is 29.7 Å². The molecular formula is C13H14F10O3. The molecular weight excluding hydrogens is 394 g/mol. The molecule has 0 radical (unpaired) electrons. The topological polar surface area (TPSA) is 46.5 Å². The van der Waals surface area contributed by atoms with E-state index in [-0.39, 0.29) is 5.57 Å². The van der Waals surface area contributed by atoms with E-state index in [9.17, 15) is 48.7 Å². The Kier molecular flexibility index (Phi) is 6.81. The number of aliphatic hydroxyl groups is 1. The van der Waals surface area contributed by atoms with Gasteiger partial charge in [-0.25, -0.2) is 18.0 Å². The Labute approximate surface area is 140 Å². The molecule has 0 aromatic carbocycles. The molecule has 0 spiro atoms. The van der Waals surface area contributed by atoms with Gasteiger partial charge in [-0.05, 0) is 6.92 Å². The molecule has 0 aliphatic heterocycles. The van der Waals surface area contributed by atoms with Crippen LogP contribution in [0.15, 0.2) is 12.2 Å². The normalized spacial score (nSPS) is 17.4. The van der Waals surface area contributed by atoms with Crippen LogP contribution in [0.4, 0.5) is 43.9 Å². The van der Waals surface area contributed by atoms with Crippen molar-refractivity contribution in [3.63, 3.8) is 0 Å². The number of esters is 1. The van der Waals surface area contributed by atoms with E-state index in [1.807, 2.05) is 0 Å². The van der Waals surface area contributed by atoms with Crippen LogP contribution in [0.2, 0.25) is 0 Å². The molecule has 0 aliphatic rings. The van der Waals surface area contributed by atoms with Crippen molar-refractivity contribution in [2.45, 2.75) is 56.0 Å². The van der Waals surface area contributed by atoms with E-state index in [2.05, 4.69) is 11.3 Å². The zero-order chi connectivity index (χ0) is 21.4. The largest absolute Gasteiger partial charge is 0.460 e. The summed E-state index contributed by atoms with van der Waals surface area (Å²) in [7, 11) is 0. The maximum Gasteiger partial charge on any atom is 0.434 e. The number of hydrogen-bond acceptors (Lipinski definition) is 3. The first kappa shape index (κ1) is 24.5. The first-order chi connectivity index (χ1) is 11.2. The second-order valence-corrected chi connectivity index (χ2v) is 5.56. The quantitative estimate of drug-likeness (QED) is 0.375. The van der Waals surface area contributed by atoms with Crippen molar-refractivity contribution in [2.75, 3.05) is 6.61 Å². The van der Waals surface area contributed by atoms with Crippen molar-refractivity contribution in [1.82, 2.24) is 0 Å². The third-order valence-electron chi connectivity index (χ3n) is 3.13. The van der Waals surface area contributed by atoms with E-state index >= 15 is 0 Å². The van der Waals surface area contributed by atoms with Crippen LogP contribution in [0.25, 0.3) is 0 Å². The Balaban J connectivity index is 5.65. The van der Waals surface area contributed by atoms with E-state index in [0.29, 0.717) is 0 Å². The highest BCUT2D eigenvalue weighted by atomic mass is 19.4. The average molecular weight is 408 g/mol. The van der Waals surface area contributed by atoms with Crippen molar-refractivity contribution in [3.05, 3.63) is 12.2 Å². The Morgan fingerprint density at radius 1 is 1.04 bits per heavy atom. The van der Waals surface area contributed by atoms with Crippen LogP contribution in [0, 0.1) is 0 Å². The molecule has 0 saturated carbocycles. The number of ether oxygens (including phenoxy) is 1. The van der Waals surface area contributed by atoms with Crippen LogP contribution in [-0.4, -0.2) is 53.4 Å². The van der Waals surface area contributed by atoms with E-state index in [1.165, 1.54) is 0 Å². The predicted molar refractivity (Wildman–Crippen MR) is 66.8 cm³/mol. The molecule has 13 heteroatoms. The molecule has 0 aromatic heterocycles. The fourth-order valence-corrected chi connectivity index (χ4v) is 1.73. The summed E-state index contributed by atoms with van der Waals surface area (Å²) in [5, 5.41) is 9.14. The maximum absolute atomic E-state index is 13.7. The smallest absolute Gasteiger partial charge is 0.434 e. The molecule has 2 atom stereocenters. The molecule has 2 unspecified atom stereocenters.